The van der Waals surface area contributed by atoms with E-state index in [1.165, 1.54) is 25.7 Å². The monoisotopic (exact) mass is 443 g/mol. The molecule has 2 unspecified atom stereocenters. The SMILES string of the molecule is CCCCC(CC)CNC(=NCC1(O)CCSC1)NCC.I. The second-order valence-electron chi connectivity index (χ2n) is 6.02. The molecule has 132 valence electrons. The van der Waals surface area contributed by atoms with Crippen molar-refractivity contribution in [3.8, 4) is 0 Å². The van der Waals surface area contributed by atoms with Crippen molar-refractivity contribution >= 4 is 41.7 Å². The Hall–Kier alpha value is 0.310. The van der Waals surface area contributed by atoms with Gasteiger partial charge in [0.1, 0.15) is 0 Å². The Bertz CT molecular complexity index is 310. The van der Waals surface area contributed by atoms with Crippen LogP contribution >= 0.6 is 35.7 Å². The summed E-state index contributed by atoms with van der Waals surface area (Å²) < 4.78 is 0. The van der Waals surface area contributed by atoms with Gasteiger partial charge in [0.25, 0.3) is 0 Å². The van der Waals surface area contributed by atoms with Gasteiger partial charge in [0.15, 0.2) is 5.96 Å². The van der Waals surface area contributed by atoms with Crippen LogP contribution in [0.25, 0.3) is 0 Å². The normalized spacial score (nSPS) is 23.0. The van der Waals surface area contributed by atoms with Crippen LogP contribution in [0.5, 0.6) is 0 Å². The van der Waals surface area contributed by atoms with E-state index in [2.05, 4.69) is 36.4 Å². The van der Waals surface area contributed by atoms with E-state index in [4.69, 9.17) is 0 Å². The molecule has 1 aliphatic heterocycles. The summed E-state index contributed by atoms with van der Waals surface area (Å²) in [6, 6.07) is 0. The van der Waals surface area contributed by atoms with Gasteiger partial charge in [0.05, 0.1) is 12.1 Å². The molecule has 0 spiro atoms. The smallest absolute Gasteiger partial charge is 0.191 e. The molecule has 1 heterocycles. The fourth-order valence-electron chi connectivity index (χ4n) is 2.47. The topological polar surface area (TPSA) is 56.7 Å². The molecule has 4 nitrogen and oxygen atoms in total. The van der Waals surface area contributed by atoms with Crippen molar-refractivity contribution in [2.24, 2.45) is 10.9 Å². The zero-order chi connectivity index (χ0) is 15.6. The van der Waals surface area contributed by atoms with E-state index in [0.717, 1.165) is 37.0 Å². The highest BCUT2D eigenvalue weighted by Gasteiger charge is 2.31. The zero-order valence-corrected chi connectivity index (χ0v) is 17.5. The van der Waals surface area contributed by atoms with Crippen LogP contribution in [0.4, 0.5) is 0 Å². The van der Waals surface area contributed by atoms with Gasteiger partial charge in [-0.15, -0.1) is 24.0 Å². The van der Waals surface area contributed by atoms with E-state index in [1.807, 2.05) is 11.8 Å². The first-order valence-corrected chi connectivity index (χ1v) is 9.61. The summed E-state index contributed by atoms with van der Waals surface area (Å²) in [6.07, 6.45) is 5.89. The first-order chi connectivity index (χ1) is 10.1. The molecule has 0 radical (unpaired) electrons. The van der Waals surface area contributed by atoms with Gasteiger partial charge in [-0.3, -0.25) is 4.99 Å². The van der Waals surface area contributed by atoms with Crippen molar-refractivity contribution in [2.75, 3.05) is 31.1 Å². The van der Waals surface area contributed by atoms with Gasteiger partial charge >= 0.3 is 0 Å². The van der Waals surface area contributed by atoms with Crippen LogP contribution in [0.1, 0.15) is 52.9 Å². The number of hydrogen-bond acceptors (Lipinski definition) is 3. The van der Waals surface area contributed by atoms with Crippen LogP contribution in [0, 0.1) is 5.92 Å². The summed E-state index contributed by atoms with van der Waals surface area (Å²) in [5, 5.41) is 17.1. The van der Waals surface area contributed by atoms with E-state index in [-0.39, 0.29) is 24.0 Å². The van der Waals surface area contributed by atoms with Crippen molar-refractivity contribution in [1.82, 2.24) is 10.6 Å². The maximum absolute atomic E-state index is 10.4. The van der Waals surface area contributed by atoms with Crippen molar-refractivity contribution in [2.45, 2.75) is 58.5 Å². The fraction of sp³-hybridized carbons (Fsp3) is 0.938. The first kappa shape index (κ1) is 22.3. The number of aliphatic imine (C=N–C) groups is 1. The third-order valence-electron chi connectivity index (χ3n) is 4.06. The number of unbranched alkanes of at least 4 members (excludes halogenated alkanes) is 1. The Morgan fingerprint density at radius 3 is 2.64 bits per heavy atom. The molecule has 1 saturated heterocycles. The van der Waals surface area contributed by atoms with E-state index < -0.39 is 5.60 Å². The van der Waals surface area contributed by atoms with Crippen LogP contribution in [0.2, 0.25) is 0 Å². The number of hydrogen-bond donors (Lipinski definition) is 3. The number of thioether (sulfide) groups is 1. The Balaban J connectivity index is 0.00000441. The molecule has 0 amide bonds. The average Bonchev–Trinajstić information content (AvgIpc) is 2.92. The van der Waals surface area contributed by atoms with Crippen LogP contribution in [-0.4, -0.2) is 47.8 Å². The van der Waals surface area contributed by atoms with Crippen LogP contribution in [0.15, 0.2) is 4.99 Å². The molecule has 3 N–H and O–H groups in total. The third kappa shape index (κ3) is 8.82. The van der Waals surface area contributed by atoms with Gasteiger partial charge in [-0.05, 0) is 31.4 Å². The predicted molar refractivity (Wildman–Crippen MR) is 110 cm³/mol. The maximum Gasteiger partial charge on any atom is 0.191 e. The number of nitrogens with zero attached hydrogens (tertiary/aromatic N) is 1. The number of guanidine groups is 1. The fourth-order valence-corrected chi connectivity index (χ4v) is 3.76. The Morgan fingerprint density at radius 2 is 2.09 bits per heavy atom. The summed E-state index contributed by atoms with van der Waals surface area (Å²) in [7, 11) is 0. The molecule has 1 fully saturated rings. The molecule has 0 aromatic heterocycles. The quantitative estimate of drug-likeness (QED) is 0.291. The Labute approximate surface area is 157 Å². The van der Waals surface area contributed by atoms with Crippen molar-refractivity contribution < 1.29 is 5.11 Å². The molecule has 0 saturated carbocycles. The van der Waals surface area contributed by atoms with Gasteiger partial charge in [-0.1, -0.05) is 33.1 Å². The highest BCUT2D eigenvalue weighted by atomic mass is 127. The minimum atomic E-state index is -0.598. The summed E-state index contributed by atoms with van der Waals surface area (Å²) in [6.45, 7) is 8.89. The van der Waals surface area contributed by atoms with Crippen LogP contribution in [-0.2, 0) is 0 Å². The minimum absolute atomic E-state index is 0. The predicted octanol–water partition coefficient (Wildman–Crippen LogP) is 3.24. The van der Waals surface area contributed by atoms with Crippen molar-refractivity contribution in [1.29, 1.82) is 0 Å². The zero-order valence-electron chi connectivity index (χ0n) is 14.4. The molecule has 0 aromatic rings. The number of halogens is 1. The van der Waals surface area contributed by atoms with Crippen LogP contribution in [0.3, 0.4) is 0 Å². The lowest BCUT2D eigenvalue weighted by atomic mass is 9.99. The Kier molecular flexibility index (Phi) is 12.9. The molecule has 1 aliphatic rings. The largest absolute Gasteiger partial charge is 0.387 e. The summed E-state index contributed by atoms with van der Waals surface area (Å²) >= 11 is 1.82. The molecule has 6 heteroatoms. The van der Waals surface area contributed by atoms with Gasteiger partial charge in [0.2, 0.25) is 0 Å². The van der Waals surface area contributed by atoms with Crippen LogP contribution < -0.4 is 10.6 Å². The van der Waals surface area contributed by atoms with Gasteiger partial charge in [-0.25, -0.2) is 0 Å². The molecule has 0 bridgehead atoms. The number of rotatable bonds is 9. The van der Waals surface area contributed by atoms with Gasteiger partial charge < -0.3 is 15.7 Å². The highest BCUT2D eigenvalue weighted by Crippen LogP contribution is 2.27. The molecular weight excluding hydrogens is 409 g/mol. The average molecular weight is 443 g/mol. The van der Waals surface area contributed by atoms with Crippen molar-refractivity contribution in [3.05, 3.63) is 0 Å². The number of nitrogens with one attached hydrogen (secondary N) is 2. The lowest BCUT2D eigenvalue weighted by Gasteiger charge is -2.21. The maximum atomic E-state index is 10.4. The molecule has 2 atom stereocenters. The standard InChI is InChI=1S/C16H33N3OS.HI/c1-4-7-8-14(5-2)11-18-15(17-6-3)19-12-16(20)9-10-21-13-16;/h14,20H,4-13H2,1-3H3,(H2,17,18,19);1H. The van der Waals surface area contributed by atoms with E-state index in [9.17, 15) is 5.11 Å². The lowest BCUT2D eigenvalue weighted by Crippen LogP contribution is -2.41. The summed E-state index contributed by atoms with van der Waals surface area (Å²) in [5.74, 6) is 3.41. The van der Waals surface area contributed by atoms with E-state index >= 15 is 0 Å². The van der Waals surface area contributed by atoms with Gasteiger partial charge in [0, 0.05) is 18.8 Å². The number of aliphatic hydroxyl groups is 1. The second kappa shape index (κ2) is 12.7. The molecule has 22 heavy (non-hydrogen) atoms. The summed E-state index contributed by atoms with van der Waals surface area (Å²) in [5.41, 5.74) is -0.598. The molecule has 0 aromatic carbocycles. The molecular formula is C16H34IN3OS. The first-order valence-electron chi connectivity index (χ1n) is 8.45. The Morgan fingerprint density at radius 1 is 1.32 bits per heavy atom. The second-order valence-corrected chi connectivity index (χ2v) is 7.12. The molecule has 0 aliphatic carbocycles. The van der Waals surface area contributed by atoms with E-state index in [0.29, 0.717) is 12.5 Å². The lowest BCUT2D eigenvalue weighted by molar-refractivity contribution is 0.0778. The van der Waals surface area contributed by atoms with E-state index in [1.54, 1.807) is 0 Å². The third-order valence-corrected chi connectivity index (χ3v) is 5.29. The van der Waals surface area contributed by atoms with Gasteiger partial charge in [-0.2, -0.15) is 11.8 Å². The summed E-state index contributed by atoms with van der Waals surface area (Å²) in [4.78, 5) is 4.58. The minimum Gasteiger partial charge on any atom is -0.387 e. The highest BCUT2D eigenvalue weighted by molar-refractivity contribution is 14.0. The van der Waals surface area contributed by atoms with Crippen molar-refractivity contribution in [3.63, 3.8) is 0 Å². The molecule has 1 rings (SSSR count).